The second kappa shape index (κ2) is 8.40. The molecule has 0 bridgehead atoms. The first-order valence-corrected chi connectivity index (χ1v) is 10.9. The molecular formula is C19H25FN4O3S. The molecule has 0 spiro atoms. The van der Waals surface area contributed by atoms with Crippen LogP contribution in [0.4, 0.5) is 4.39 Å². The summed E-state index contributed by atoms with van der Waals surface area (Å²) in [6.07, 6.45) is 4.22. The fraction of sp³-hybridized carbons (Fsp3) is 0.474. The first-order chi connectivity index (χ1) is 13.3. The minimum Gasteiger partial charge on any atom is -0.342 e. The maximum absolute atomic E-state index is 14.4. The van der Waals surface area contributed by atoms with Gasteiger partial charge in [0.05, 0.1) is 5.75 Å². The lowest BCUT2D eigenvalue weighted by molar-refractivity contribution is -0.126. The lowest BCUT2D eigenvalue weighted by Crippen LogP contribution is -2.44. The number of rotatable bonds is 6. The average molecular weight is 408 g/mol. The molecular weight excluding hydrogens is 383 g/mol. The summed E-state index contributed by atoms with van der Waals surface area (Å²) in [5, 5.41) is 2.92. The van der Waals surface area contributed by atoms with Crippen LogP contribution in [0.25, 0.3) is 0 Å². The second-order valence-electron chi connectivity index (χ2n) is 6.93. The highest BCUT2D eigenvalue weighted by molar-refractivity contribution is 7.89. The normalized spacial score (nSPS) is 17.4. The van der Waals surface area contributed by atoms with E-state index in [1.54, 1.807) is 49.1 Å². The molecule has 0 saturated carbocycles. The highest BCUT2D eigenvalue weighted by Crippen LogP contribution is 2.26. The first-order valence-electron chi connectivity index (χ1n) is 9.33. The number of aromatic nitrogens is 2. The predicted octanol–water partition coefficient (Wildman–Crippen LogP) is 1.83. The Balaban J connectivity index is 1.76. The molecule has 28 heavy (non-hydrogen) atoms. The number of aryl methyl sites for hydroxylation is 1. The number of benzene rings is 1. The Labute approximate surface area is 164 Å². The molecule has 1 aliphatic rings. The summed E-state index contributed by atoms with van der Waals surface area (Å²) in [7, 11) is -1.46. The number of piperidine rings is 1. The Kier molecular flexibility index (Phi) is 6.14. The lowest BCUT2D eigenvalue weighted by atomic mass is 9.96. The summed E-state index contributed by atoms with van der Waals surface area (Å²) in [5.74, 6) is -0.370. The number of halogens is 1. The van der Waals surface area contributed by atoms with Crippen molar-refractivity contribution in [2.45, 2.75) is 25.8 Å². The number of imidazole rings is 1. The zero-order valence-electron chi connectivity index (χ0n) is 16.0. The van der Waals surface area contributed by atoms with E-state index in [2.05, 4.69) is 10.3 Å². The van der Waals surface area contributed by atoms with Crippen molar-refractivity contribution in [3.8, 4) is 0 Å². The van der Waals surface area contributed by atoms with E-state index < -0.39 is 21.9 Å². The minimum atomic E-state index is -3.24. The van der Waals surface area contributed by atoms with Crippen molar-refractivity contribution in [3.63, 3.8) is 0 Å². The molecule has 1 fully saturated rings. The highest BCUT2D eigenvalue weighted by atomic mass is 32.2. The predicted molar refractivity (Wildman–Crippen MR) is 103 cm³/mol. The van der Waals surface area contributed by atoms with Gasteiger partial charge < -0.3 is 9.88 Å². The van der Waals surface area contributed by atoms with Gasteiger partial charge in [-0.3, -0.25) is 4.79 Å². The van der Waals surface area contributed by atoms with Crippen LogP contribution in [0, 0.1) is 11.7 Å². The topological polar surface area (TPSA) is 84.3 Å². The molecule has 1 saturated heterocycles. The number of hydrogen-bond donors (Lipinski definition) is 1. The lowest BCUT2D eigenvalue weighted by Gasteiger charge is -2.31. The first kappa shape index (κ1) is 20.5. The summed E-state index contributed by atoms with van der Waals surface area (Å²) < 4.78 is 41.6. The fourth-order valence-corrected chi connectivity index (χ4v) is 4.62. The van der Waals surface area contributed by atoms with Crippen molar-refractivity contribution in [3.05, 3.63) is 53.9 Å². The van der Waals surface area contributed by atoms with Gasteiger partial charge in [-0.05, 0) is 25.8 Å². The summed E-state index contributed by atoms with van der Waals surface area (Å²) in [5.41, 5.74) is 0.344. The number of hydrogen-bond acceptors (Lipinski definition) is 4. The molecule has 9 heteroatoms. The number of carbonyl (C=O) groups is 1. The number of sulfonamides is 1. The molecule has 3 rings (SSSR count). The molecule has 2 aromatic rings. The summed E-state index contributed by atoms with van der Waals surface area (Å²) in [6.45, 7) is 2.25. The van der Waals surface area contributed by atoms with Crippen molar-refractivity contribution >= 4 is 15.9 Å². The number of nitrogens with one attached hydrogen (secondary N) is 1. The van der Waals surface area contributed by atoms with Crippen molar-refractivity contribution in [2.75, 3.05) is 18.8 Å². The van der Waals surface area contributed by atoms with E-state index >= 15 is 0 Å². The standard InChI is InChI=1S/C19H25FN4O3S/c1-3-28(26,27)24-11-8-14(9-12-24)19(25)22-17(18-21-10-13-23(18)2)15-6-4-5-7-16(15)20/h4-7,10,13-14,17H,3,8-9,11-12H2,1-2H3,(H,22,25). The average Bonchev–Trinajstić information content (AvgIpc) is 3.12. The minimum absolute atomic E-state index is 0.0539. The number of amides is 1. The Morgan fingerprint density at radius 1 is 1.32 bits per heavy atom. The molecule has 1 unspecified atom stereocenters. The van der Waals surface area contributed by atoms with E-state index in [1.165, 1.54) is 10.4 Å². The van der Waals surface area contributed by atoms with Gasteiger partial charge in [-0.1, -0.05) is 18.2 Å². The van der Waals surface area contributed by atoms with Crippen LogP contribution in [0.5, 0.6) is 0 Å². The number of carbonyl (C=O) groups excluding carboxylic acids is 1. The third-order valence-corrected chi connectivity index (χ3v) is 7.08. The third kappa shape index (κ3) is 4.25. The molecule has 2 heterocycles. The molecule has 1 amide bonds. The van der Waals surface area contributed by atoms with Gasteiger partial charge in [-0.2, -0.15) is 0 Å². The summed E-state index contributed by atoms with van der Waals surface area (Å²) in [4.78, 5) is 17.2. The summed E-state index contributed by atoms with van der Waals surface area (Å²) in [6, 6.07) is 5.58. The van der Waals surface area contributed by atoms with Crippen LogP contribution in [0.1, 0.15) is 37.2 Å². The SMILES string of the molecule is CCS(=O)(=O)N1CCC(C(=O)NC(c2ccccc2F)c2nccn2C)CC1. The van der Waals surface area contributed by atoms with Crippen LogP contribution in [-0.4, -0.2) is 47.0 Å². The van der Waals surface area contributed by atoms with Crippen molar-refractivity contribution in [1.29, 1.82) is 0 Å². The highest BCUT2D eigenvalue weighted by Gasteiger charge is 2.32. The number of nitrogens with zero attached hydrogens (tertiary/aromatic N) is 3. The Morgan fingerprint density at radius 2 is 2.00 bits per heavy atom. The van der Waals surface area contributed by atoms with Gasteiger partial charge in [-0.15, -0.1) is 0 Å². The van der Waals surface area contributed by atoms with Gasteiger partial charge >= 0.3 is 0 Å². The van der Waals surface area contributed by atoms with Crippen LogP contribution in [0.3, 0.4) is 0 Å². The van der Waals surface area contributed by atoms with Gasteiger partial charge in [0.15, 0.2) is 0 Å². The van der Waals surface area contributed by atoms with Crippen LogP contribution < -0.4 is 5.32 Å². The fourth-order valence-electron chi connectivity index (χ4n) is 3.48. The molecule has 152 valence electrons. The van der Waals surface area contributed by atoms with Crippen molar-refractivity contribution in [1.82, 2.24) is 19.2 Å². The van der Waals surface area contributed by atoms with Gasteiger partial charge in [0.25, 0.3) is 0 Å². The zero-order valence-corrected chi connectivity index (χ0v) is 16.8. The molecule has 0 radical (unpaired) electrons. The molecule has 1 aromatic heterocycles. The Bertz CT molecular complexity index is 936. The monoisotopic (exact) mass is 408 g/mol. The molecule has 1 atom stereocenters. The Morgan fingerprint density at radius 3 is 2.57 bits per heavy atom. The summed E-state index contributed by atoms with van der Waals surface area (Å²) >= 11 is 0. The quantitative estimate of drug-likeness (QED) is 0.790. The smallest absolute Gasteiger partial charge is 0.224 e. The molecule has 1 aromatic carbocycles. The van der Waals surface area contributed by atoms with Gasteiger partial charge in [-0.25, -0.2) is 22.1 Å². The zero-order chi connectivity index (χ0) is 20.3. The largest absolute Gasteiger partial charge is 0.342 e. The molecule has 0 aliphatic carbocycles. The van der Waals surface area contributed by atoms with E-state index in [4.69, 9.17) is 0 Å². The van der Waals surface area contributed by atoms with Gasteiger partial charge in [0.2, 0.25) is 15.9 Å². The van der Waals surface area contributed by atoms with Crippen LogP contribution >= 0.6 is 0 Å². The van der Waals surface area contributed by atoms with Crippen molar-refractivity contribution in [2.24, 2.45) is 13.0 Å². The van der Waals surface area contributed by atoms with E-state index in [0.29, 0.717) is 37.3 Å². The van der Waals surface area contributed by atoms with Crippen LogP contribution in [-0.2, 0) is 21.9 Å². The van der Waals surface area contributed by atoms with Gasteiger partial charge in [0.1, 0.15) is 17.7 Å². The Hall–Kier alpha value is -2.26. The molecule has 1 N–H and O–H groups in total. The van der Waals surface area contributed by atoms with E-state index in [0.717, 1.165) is 0 Å². The maximum atomic E-state index is 14.4. The van der Waals surface area contributed by atoms with E-state index in [1.807, 2.05) is 0 Å². The van der Waals surface area contributed by atoms with Crippen molar-refractivity contribution < 1.29 is 17.6 Å². The van der Waals surface area contributed by atoms with Gasteiger partial charge in [0, 0.05) is 44.0 Å². The van der Waals surface area contributed by atoms with Crippen LogP contribution in [0.15, 0.2) is 36.7 Å². The van der Waals surface area contributed by atoms with E-state index in [-0.39, 0.29) is 17.6 Å². The van der Waals surface area contributed by atoms with E-state index in [9.17, 15) is 17.6 Å². The molecule has 1 aliphatic heterocycles. The third-order valence-electron chi connectivity index (χ3n) is 5.20. The second-order valence-corrected chi connectivity index (χ2v) is 9.19. The van der Waals surface area contributed by atoms with Crippen LogP contribution in [0.2, 0.25) is 0 Å². The maximum Gasteiger partial charge on any atom is 0.224 e. The molecule has 7 nitrogen and oxygen atoms in total.